The van der Waals surface area contributed by atoms with Crippen molar-refractivity contribution < 1.29 is 4.74 Å². The lowest BCUT2D eigenvalue weighted by Gasteiger charge is -2.36. The lowest BCUT2D eigenvalue weighted by molar-refractivity contribution is -0.0316. The maximum absolute atomic E-state index is 6.07. The smallest absolute Gasteiger partial charge is 0.0826 e. The van der Waals surface area contributed by atoms with Gasteiger partial charge in [-0.3, -0.25) is 4.90 Å². The highest BCUT2D eigenvalue weighted by atomic mass is 16.5. The molecule has 1 saturated carbocycles. The van der Waals surface area contributed by atoms with Crippen molar-refractivity contribution in [1.29, 1.82) is 0 Å². The predicted octanol–water partition coefficient (Wildman–Crippen LogP) is 2.79. The Balaban J connectivity index is 1.24. The Labute approximate surface area is 158 Å². The van der Waals surface area contributed by atoms with Gasteiger partial charge < -0.3 is 15.4 Å². The minimum Gasteiger partial charge on any atom is -0.374 e. The molecule has 0 aromatic heterocycles. The van der Waals surface area contributed by atoms with Gasteiger partial charge in [-0.1, -0.05) is 43.2 Å². The number of piperidine rings is 1. The monoisotopic (exact) mass is 357 g/mol. The third-order valence-corrected chi connectivity index (χ3v) is 6.51. The van der Waals surface area contributed by atoms with Gasteiger partial charge in [-0.25, -0.2) is 0 Å². The van der Waals surface area contributed by atoms with E-state index in [4.69, 9.17) is 4.74 Å². The van der Waals surface area contributed by atoms with Crippen LogP contribution in [0.2, 0.25) is 0 Å². The third kappa shape index (κ3) is 4.86. The van der Waals surface area contributed by atoms with Crippen molar-refractivity contribution in [3.63, 3.8) is 0 Å². The van der Waals surface area contributed by atoms with E-state index in [1.54, 1.807) is 0 Å². The van der Waals surface area contributed by atoms with Crippen molar-refractivity contribution >= 4 is 0 Å². The molecule has 4 atom stereocenters. The number of morpholine rings is 1. The Bertz CT molecular complexity index is 531. The minimum absolute atomic E-state index is 0.327. The summed E-state index contributed by atoms with van der Waals surface area (Å²) in [6.45, 7) is 6.20. The van der Waals surface area contributed by atoms with E-state index in [9.17, 15) is 0 Å². The summed E-state index contributed by atoms with van der Waals surface area (Å²) in [5.74, 6) is 0.819. The summed E-state index contributed by atoms with van der Waals surface area (Å²) >= 11 is 0. The van der Waals surface area contributed by atoms with E-state index in [-0.39, 0.29) is 0 Å². The van der Waals surface area contributed by atoms with Crippen LogP contribution in [0, 0.1) is 5.92 Å². The summed E-state index contributed by atoms with van der Waals surface area (Å²) in [6.07, 6.45) is 8.56. The van der Waals surface area contributed by atoms with Gasteiger partial charge in [0.25, 0.3) is 0 Å². The summed E-state index contributed by atoms with van der Waals surface area (Å²) in [4.78, 5) is 2.54. The first kappa shape index (κ1) is 18.4. The van der Waals surface area contributed by atoms with Crippen LogP contribution in [0.15, 0.2) is 30.3 Å². The molecule has 0 spiro atoms. The normalized spacial score (nSPS) is 33.4. The van der Waals surface area contributed by atoms with Crippen LogP contribution in [0.3, 0.4) is 0 Å². The number of nitrogens with zero attached hydrogens (tertiary/aromatic N) is 1. The fourth-order valence-corrected chi connectivity index (χ4v) is 5.14. The van der Waals surface area contributed by atoms with Gasteiger partial charge in [0, 0.05) is 38.3 Å². The van der Waals surface area contributed by atoms with Gasteiger partial charge in [-0.05, 0) is 43.7 Å². The van der Waals surface area contributed by atoms with Gasteiger partial charge in [0.2, 0.25) is 0 Å². The van der Waals surface area contributed by atoms with Gasteiger partial charge in [-0.2, -0.15) is 0 Å². The lowest BCUT2D eigenvalue weighted by atomic mass is 9.88. The molecule has 2 aliphatic heterocycles. The molecule has 4 unspecified atom stereocenters. The third-order valence-electron chi connectivity index (χ3n) is 6.51. The molecular weight excluding hydrogens is 322 g/mol. The quantitative estimate of drug-likeness (QED) is 0.821. The second kappa shape index (κ2) is 9.32. The first-order chi connectivity index (χ1) is 12.9. The van der Waals surface area contributed by atoms with Crippen molar-refractivity contribution in [2.75, 3.05) is 32.8 Å². The number of ether oxygens (including phenoxy) is 1. The molecule has 4 heteroatoms. The molecule has 0 amide bonds. The minimum atomic E-state index is 0.327. The molecule has 1 aliphatic carbocycles. The molecule has 4 rings (SSSR count). The average molecular weight is 358 g/mol. The van der Waals surface area contributed by atoms with Crippen LogP contribution in [0.1, 0.15) is 44.1 Å². The van der Waals surface area contributed by atoms with Crippen LogP contribution < -0.4 is 10.6 Å². The van der Waals surface area contributed by atoms with E-state index in [0.717, 1.165) is 44.7 Å². The van der Waals surface area contributed by atoms with Crippen molar-refractivity contribution in [2.24, 2.45) is 5.92 Å². The van der Waals surface area contributed by atoms with Crippen molar-refractivity contribution in [1.82, 2.24) is 15.5 Å². The fourth-order valence-electron chi connectivity index (χ4n) is 5.14. The zero-order valence-electron chi connectivity index (χ0n) is 16.0. The van der Waals surface area contributed by atoms with Crippen molar-refractivity contribution in [3.8, 4) is 0 Å². The van der Waals surface area contributed by atoms with E-state index in [0.29, 0.717) is 12.1 Å². The van der Waals surface area contributed by atoms with Crippen LogP contribution in [-0.4, -0.2) is 55.9 Å². The topological polar surface area (TPSA) is 36.5 Å². The number of benzene rings is 1. The number of hydrogen-bond acceptors (Lipinski definition) is 4. The van der Waals surface area contributed by atoms with Gasteiger partial charge in [0.15, 0.2) is 0 Å². The standard InChI is InChI=1S/C22H35N3O/c1-2-7-18(8-3-1)16-25-13-14-26-19(17-25)15-24-22-11-6-9-20(22)21-10-4-5-12-23-21/h1-3,7-8,19-24H,4-6,9-17H2. The molecule has 0 radical (unpaired) electrons. The first-order valence-electron chi connectivity index (χ1n) is 10.7. The van der Waals surface area contributed by atoms with E-state index in [1.807, 2.05) is 0 Å². The van der Waals surface area contributed by atoms with Crippen molar-refractivity contribution in [2.45, 2.75) is 63.3 Å². The molecule has 2 saturated heterocycles. The fraction of sp³-hybridized carbons (Fsp3) is 0.727. The van der Waals surface area contributed by atoms with Crippen LogP contribution in [0.4, 0.5) is 0 Å². The summed E-state index contributed by atoms with van der Waals surface area (Å²) in [7, 11) is 0. The largest absolute Gasteiger partial charge is 0.374 e. The van der Waals surface area contributed by atoms with E-state index >= 15 is 0 Å². The molecule has 2 N–H and O–H groups in total. The molecule has 4 nitrogen and oxygen atoms in total. The Morgan fingerprint density at radius 2 is 2.00 bits per heavy atom. The summed E-state index contributed by atoms with van der Waals surface area (Å²) in [5, 5.41) is 7.68. The summed E-state index contributed by atoms with van der Waals surface area (Å²) in [5.41, 5.74) is 1.40. The zero-order chi connectivity index (χ0) is 17.6. The van der Waals surface area contributed by atoms with Gasteiger partial charge >= 0.3 is 0 Å². The molecule has 1 aromatic carbocycles. The van der Waals surface area contributed by atoms with E-state index in [1.165, 1.54) is 50.6 Å². The zero-order valence-corrected chi connectivity index (χ0v) is 16.0. The lowest BCUT2D eigenvalue weighted by Crippen LogP contribution is -2.51. The average Bonchev–Trinajstić information content (AvgIpc) is 3.17. The number of nitrogens with one attached hydrogen (secondary N) is 2. The predicted molar refractivity (Wildman–Crippen MR) is 106 cm³/mol. The van der Waals surface area contributed by atoms with Gasteiger partial charge in [-0.15, -0.1) is 0 Å². The molecule has 144 valence electrons. The van der Waals surface area contributed by atoms with Crippen LogP contribution in [-0.2, 0) is 11.3 Å². The number of hydrogen-bond donors (Lipinski definition) is 2. The maximum Gasteiger partial charge on any atom is 0.0826 e. The second-order valence-corrected chi connectivity index (χ2v) is 8.38. The van der Waals surface area contributed by atoms with Crippen LogP contribution >= 0.6 is 0 Å². The molecule has 1 aromatic rings. The van der Waals surface area contributed by atoms with Crippen molar-refractivity contribution in [3.05, 3.63) is 35.9 Å². The van der Waals surface area contributed by atoms with E-state index < -0.39 is 0 Å². The van der Waals surface area contributed by atoms with E-state index in [2.05, 4.69) is 45.9 Å². The van der Waals surface area contributed by atoms with Gasteiger partial charge in [0.05, 0.1) is 12.7 Å². The highest BCUT2D eigenvalue weighted by molar-refractivity contribution is 5.14. The molecule has 0 bridgehead atoms. The first-order valence-corrected chi connectivity index (χ1v) is 10.7. The maximum atomic E-state index is 6.07. The SMILES string of the molecule is c1ccc(CN2CCOC(CNC3CCCC3C3CCCCN3)C2)cc1. The molecule has 3 fully saturated rings. The Morgan fingerprint density at radius 3 is 2.85 bits per heavy atom. The van der Waals surface area contributed by atoms with Gasteiger partial charge in [0.1, 0.15) is 0 Å². The Morgan fingerprint density at radius 1 is 1.08 bits per heavy atom. The Hall–Kier alpha value is -0.940. The summed E-state index contributed by atoms with van der Waals surface area (Å²) in [6, 6.07) is 12.2. The van der Waals surface area contributed by atoms with Crippen LogP contribution in [0.5, 0.6) is 0 Å². The highest BCUT2D eigenvalue weighted by Crippen LogP contribution is 2.31. The summed E-state index contributed by atoms with van der Waals surface area (Å²) < 4.78 is 6.07. The highest BCUT2D eigenvalue weighted by Gasteiger charge is 2.34. The Kier molecular flexibility index (Phi) is 6.60. The molecule has 3 aliphatic rings. The second-order valence-electron chi connectivity index (χ2n) is 8.38. The molecule has 26 heavy (non-hydrogen) atoms. The number of rotatable bonds is 6. The van der Waals surface area contributed by atoms with Crippen LogP contribution in [0.25, 0.3) is 0 Å². The molecular formula is C22H35N3O. The molecule has 2 heterocycles.